The number of amides is 1. The van der Waals surface area contributed by atoms with E-state index < -0.39 is 6.09 Å². The van der Waals surface area contributed by atoms with Crippen LogP contribution >= 0.6 is 15.9 Å². The van der Waals surface area contributed by atoms with E-state index in [1.54, 1.807) is 7.11 Å². The fourth-order valence-corrected chi connectivity index (χ4v) is 2.09. The van der Waals surface area contributed by atoms with Gasteiger partial charge in [-0.1, -0.05) is 28.1 Å². The largest absolute Gasteiger partial charge is 0.465 e. The van der Waals surface area contributed by atoms with Gasteiger partial charge >= 0.3 is 6.09 Å². The number of methoxy groups -OCH3 is 1. The number of halogens is 1. The zero-order valence-electron chi connectivity index (χ0n) is 11.1. The van der Waals surface area contributed by atoms with Gasteiger partial charge in [-0.2, -0.15) is 0 Å². The second-order valence-corrected chi connectivity index (χ2v) is 5.26. The molecule has 0 radical (unpaired) electrons. The first-order valence-electron chi connectivity index (χ1n) is 6.34. The number of nitrogens with zero attached hydrogens (tertiary/aromatic N) is 1. The van der Waals surface area contributed by atoms with E-state index in [2.05, 4.69) is 28.1 Å². The molecule has 4 nitrogen and oxygen atoms in total. The van der Waals surface area contributed by atoms with Crippen LogP contribution in [0, 0.1) is 0 Å². The standard InChI is InChI=1S/C14H20BrNO3/c1-19-11-3-10-16(14(17)18)9-2-4-12-5-7-13(15)8-6-12/h5-8H,2-4,9-11H2,1H3,(H,17,18). The van der Waals surface area contributed by atoms with Crippen LogP contribution in [0.3, 0.4) is 0 Å². The predicted octanol–water partition coefficient (Wildman–Crippen LogP) is 3.40. The van der Waals surface area contributed by atoms with E-state index in [0.717, 1.165) is 23.7 Å². The molecule has 0 aliphatic heterocycles. The number of rotatable bonds is 8. The highest BCUT2D eigenvalue weighted by molar-refractivity contribution is 9.10. The third-order valence-corrected chi connectivity index (χ3v) is 3.38. The maximum atomic E-state index is 11.1. The van der Waals surface area contributed by atoms with Gasteiger partial charge in [-0.05, 0) is 37.0 Å². The van der Waals surface area contributed by atoms with Gasteiger partial charge in [0.15, 0.2) is 0 Å². The number of carbonyl (C=O) groups is 1. The Morgan fingerprint density at radius 3 is 2.47 bits per heavy atom. The summed E-state index contributed by atoms with van der Waals surface area (Å²) in [6, 6.07) is 8.12. The summed E-state index contributed by atoms with van der Waals surface area (Å²) in [4.78, 5) is 12.5. The molecule has 1 rings (SSSR count). The molecule has 106 valence electrons. The molecule has 0 heterocycles. The Labute approximate surface area is 122 Å². The summed E-state index contributed by atoms with van der Waals surface area (Å²) in [5.41, 5.74) is 1.23. The average molecular weight is 330 g/mol. The lowest BCUT2D eigenvalue weighted by Crippen LogP contribution is -2.32. The van der Waals surface area contributed by atoms with Gasteiger partial charge in [-0.3, -0.25) is 0 Å². The Bertz CT molecular complexity index is 381. The number of hydrogen-bond acceptors (Lipinski definition) is 2. The molecule has 0 saturated carbocycles. The third kappa shape index (κ3) is 6.59. The van der Waals surface area contributed by atoms with Crippen LogP contribution in [0.1, 0.15) is 18.4 Å². The first-order chi connectivity index (χ1) is 9.13. The number of aryl methyl sites for hydroxylation is 1. The van der Waals surface area contributed by atoms with Crippen molar-refractivity contribution in [1.29, 1.82) is 0 Å². The Hall–Kier alpha value is -1.07. The van der Waals surface area contributed by atoms with Crippen molar-refractivity contribution >= 4 is 22.0 Å². The number of hydrogen-bond donors (Lipinski definition) is 1. The number of ether oxygens (including phenoxy) is 1. The Kier molecular flexibility index (Phi) is 7.52. The summed E-state index contributed by atoms with van der Waals surface area (Å²) in [6.45, 7) is 1.69. The second kappa shape index (κ2) is 8.93. The highest BCUT2D eigenvalue weighted by atomic mass is 79.9. The minimum atomic E-state index is -0.855. The van der Waals surface area contributed by atoms with Gasteiger partial charge in [0.05, 0.1) is 0 Å². The van der Waals surface area contributed by atoms with Crippen LogP contribution in [0.4, 0.5) is 4.79 Å². The smallest absolute Gasteiger partial charge is 0.407 e. The molecule has 1 aromatic carbocycles. The molecule has 1 amide bonds. The third-order valence-electron chi connectivity index (χ3n) is 2.85. The first-order valence-corrected chi connectivity index (χ1v) is 7.14. The normalized spacial score (nSPS) is 10.4. The number of carboxylic acid groups (broad SMARTS) is 1. The zero-order chi connectivity index (χ0) is 14.1. The summed E-state index contributed by atoms with van der Waals surface area (Å²) in [5, 5.41) is 9.09. The lowest BCUT2D eigenvalue weighted by atomic mass is 10.1. The van der Waals surface area contributed by atoms with E-state index in [4.69, 9.17) is 9.84 Å². The molecular formula is C14H20BrNO3. The highest BCUT2D eigenvalue weighted by Crippen LogP contribution is 2.12. The molecular weight excluding hydrogens is 310 g/mol. The SMILES string of the molecule is COCCCN(CCCc1ccc(Br)cc1)C(=O)O. The van der Waals surface area contributed by atoms with Crippen molar-refractivity contribution in [2.24, 2.45) is 0 Å². The number of benzene rings is 1. The summed E-state index contributed by atoms with van der Waals surface area (Å²) >= 11 is 3.39. The minimum absolute atomic E-state index is 0.531. The zero-order valence-corrected chi connectivity index (χ0v) is 12.7. The first kappa shape index (κ1) is 16.0. The molecule has 0 unspecified atom stereocenters. The van der Waals surface area contributed by atoms with Crippen LogP contribution in [0.2, 0.25) is 0 Å². The Morgan fingerprint density at radius 1 is 1.26 bits per heavy atom. The Balaban J connectivity index is 2.31. The maximum absolute atomic E-state index is 11.1. The molecule has 0 spiro atoms. The predicted molar refractivity (Wildman–Crippen MR) is 78.6 cm³/mol. The molecule has 5 heteroatoms. The molecule has 19 heavy (non-hydrogen) atoms. The van der Waals surface area contributed by atoms with Crippen LogP contribution in [-0.2, 0) is 11.2 Å². The molecule has 0 aliphatic carbocycles. The lowest BCUT2D eigenvalue weighted by Gasteiger charge is -2.18. The topological polar surface area (TPSA) is 49.8 Å². The fraction of sp³-hybridized carbons (Fsp3) is 0.500. The van der Waals surface area contributed by atoms with E-state index in [1.807, 2.05) is 12.1 Å². The molecule has 1 N–H and O–H groups in total. The molecule has 0 saturated heterocycles. The Morgan fingerprint density at radius 2 is 1.89 bits per heavy atom. The molecule has 0 aliphatic rings. The molecule has 0 bridgehead atoms. The molecule has 0 aromatic heterocycles. The highest BCUT2D eigenvalue weighted by Gasteiger charge is 2.10. The van der Waals surface area contributed by atoms with Crippen LogP contribution in [0.25, 0.3) is 0 Å². The van der Waals surface area contributed by atoms with E-state index in [0.29, 0.717) is 19.7 Å². The van der Waals surface area contributed by atoms with Crippen molar-refractivity contribution in [1.82, 2.24) is 4.90 Å². The molecule has 1 aromatic rings. The van der Waals surface area contributed by atoms with Gasteiger partial charge in [-0.15, -0.1) is 0 Å². The van der Waals surface area contributed by atoms with Gasteiger partial charge in [0.1, 0.15) is 0 Å². The quantitative estimate of drug-likeness (QED) is 0.743. The van der Waals surface area contributed by atoms with Crippen LogP contribution in [-0.4, -0.2) is 42.9 Å². The van der Waals surface area contributed by atoms with E-state index in [1.165, 1.54) is 10.5 Å². The second-order valence-electron chi connectivity index (χ2n) is 4.35. The van der Waals surface area contributed by atoms with Gasteiger partial charge < -0.3 is 14.7 Å². The van der Waals surface area contributed by atoms with Crippen molar-refractivity contribution in [3.8, 4) is 0 Å². The van der Waals surface area contributed by atoms with Crippen molar-refractivity contribution in [2.45, 2.75) is 19.3 Å². The summed E-state index contributed by atoms with van der Waals surface area (Å²) in [7, 11) is 1.62. The van der Waals surface area contributed by atoms with Crippen molar-refractivity contribution in [3.05, 3.63) is 34.3 Å². The summed E-state index contributed by atoms with van der Waals surface area (Å²) < 4.78 is 5.99. The maximum Gasteiger partial charge on any atom is 0.407 e. The minimum Gasteiger partial charge on any atom is -0.465 e. The van der Waals surface area contributed by atoms with Crippen LogP contribution in [0.5, 0.6) is 0 Å². The summed E-state index contributed by atoms with van der Waals surface area (Å²) in [5.74, 6) is 0. The summed E-state index contributed by atoms with van der Waals surface area (Å²) in [6.07, 6.45) is 1.61. The molecule has 0 fully saturated rings. The van der Waals surface area contributed by atoms with Crippen molar-refractivity contribution in [2.75, 3.05) is 26.8 Å². The monoisotopic (exact) mass is 329 g/mol. The van der Waals surface area contributed by atoms with Gasteiger partial charge in [0, 0.05) is 31.3 Å². The fourth-order valence-electron chi connectivity index (χ4n) is 1.83. The van der Waals surface area contributed by atoms with E-state index in [9.17, 15) is 4.79 Å². The van der Waals surface area contributed by atoms with Gasteiger partial charge in [0.25, 0.3) is 0 Å². The van der Waals surface area contributed by atoms with E-state index in [-0.39, 0.29) is 0 Å². The van der Waals surface area contributed by atoms with E-state index >= 15 is 0 Å². The van der Waals surface area contributed by atoms with Gasteiger partial charge in [0.2, 0.25) is 0 Å². The lowest BCUT2D eigenvalue weighted by molar-refractivity contribution is 0.133. The molecule has 0 atom stereocenters. The van der Waals surface area contributed by atoms with Crippen molar-refractivity contribution < 1.29 is 14.6 Å². The average Bonchev–Trinajstić information content (AvgIpc) is 2.39. The van der Waals surface area contributed by atoms with Crippen molar-refractivity contribution in [3.63, 3.8) is 0 Å². The van der Waals surface area contributed by atoms with Crippen LogP contribution < -0.4 is 0 Å². The van der Waals surface area contributed by atoms with Crippen LogP contribution in [0.15, 0.2) is 28.7 Å². The van der Waals surface area contributed by atoms with Gasteiger partial charge in [-0.25, -0.2) is 4.79 Å².